The standard InChI is InChI=1S/C29H23NO6/c1-35-29(34)16-10-12-17(13-11-16)36-22(31)14-15-30-27(32)25-23-18-6-2-3-7-19(18)24(26(25)28(30)33)21-9-5-4-8-20(21)23/h2-13,23-26H,14-15H2,1H3/t23?,24?,25-,26+. The number of carbonyl (C=O) groups excluding carboxylic acids is 4. The first-order valence-corrected chi connectivity index (χ1v) is 11.9. The van der Waals surface area contributed by atoms with Crippen LogP contribution >= 0.6 is 0 Å². The summed E-state index contributed by atoms with van der Waals surface area (Å²) in [6.45, 7) is -0.0319. The minimum Gasteiger partial charge on any atom is -0.465 e. The van der Waals surface area contributed by atoms with Gasteiger partial charge in [0, 0.05) is 18.4 Å². The van der Waals surface area contributed by atoms with Crippen LogP contribution in [0, 0.1) is 11.8 Å². The molecule has 1 saturated heterocycles. The van der Waals surface area contributed by atoms with E-state index < -0.39 is 23.8 Å². The summed E-state index contributed by atoms with van der Waals surface area (Å²) in [5.41, 5.74) is 4.78. The quantitative estimate of drug-likeness (QED) is 0.314. The minimum absolute atomic E-state index is 0.0319. The lowest BCUT2D eigenvalue weighted by Gasteiger charge is -2.45. The molecule has 1 aliphatic heterocycles. The summed E-state index contributed by atoms with van der Waals surface area (Å²) in [6, 6.07) is 22.1. The molecule has 3 aliphatic carbocycles. The molecule has 4 aliphatic rings. The number of nitrogens with zero attached hydrogens (tertiary/aromatic N) is 1. The Bertz CT molecular complexity index is 1300. The molecule has 7 nitrogen and oxygen atoms in total. The highest BCUT2D eigenvalue weighted by atomic mass is 16.5. The zero-order valence-corrected chi connectivity index (χ0v) is 19.5. The molecular weight excluding hydrogens is 458 g/mol. The first-order chi connectivity index (χ1) is 17.5. The number of methoxy groups -OCH3 is 1. The molecule has 7 rings (SSSR count). The predicted octanol–water partition coefficient (Wildman–Crippen LogP) is 3.66. The topological polar surface area (TPSA) is 90.0 Å². The number of esters is 2. The molecule has 3 aromatic carbocycles. The van der Waals surface area contributed by atoms with E-state index in [-0.39, 0.29) is 42.4 Å². The monoisotopic (exact) mass is 481 g/mol. The average Bonchev–Trinajstić information content (AvgIpc) is 3.17. The van der Waals surface area contributed by atoms with Crippen LogP contribution in [0.2, 0.25) is 0 Å². The molecule has 180 valence electrons. The van der Waals surface area contributed by atoms with Gasteiger partial charge in [0.2, 0.25) is 11.8 Å². The predicted molar refractivity (Wildman–Crippen MR) is 128 cm³/mol. The Kier molecular flexibility index (Phi) is 5.21. The molecule has 7 heteroatoms. The number of ether oxygens (including phenoxy) is 2. The van der Waals surface area contributed by atoms with Gasteiger partial charge in [-0.1, -0.05) is 48.5 Å². The third-order valence-corrected chi connectivity index (χ3v) is 7.59. The Hall–Kier alpha value is -4.26. The van der Waals surface area contributed by atoms with Crippen LogP contribution in [0.5, 0.6) is 5.75 Å². The van der Waals surface area contributed by atoms with Crippen LogP contribution in [0.3, 0.4) is 0 Å². The maximum absolute atomic E-state index is 13.6. The smallest absolute Gasteiger partial charge is 0.337 e. The van der Waals surface area contributed by atoms with E-state index >= 15 is 0 Å². The zero-order valence-electron chi connectivity index (χ0n) is 19.5. The Morgan fingerprint density at radius 1 is 0.750 bits per heavy atom. The molecule has 2 atom stereocenters. The number of amides is 2. The molecule has 0 spiro atoms. The lowest BCUT2D eigenvalue weighted by molar-refractivity contribution is -0.141. The van der Waals surface area contributed by atoms with Crippen molar-refractivity contribution in [2.24, 2.45) is 11.8 Å². The summed E-state index contributed by atoms with van der Waals surface area (Å²) in [5.74, 6) is -2.50. The Labute approximate surface area is 207 Å². The van der Waals surface area contributed by atoms with E-state index in [4.69, 9.17) is 4.74 Å². The van der Waals surface area contributed by atoms with Gasteiger partial charge in [-0.15, -0.1) is 0 Å². The first kappa shape index (κ1) is 22.2. The van der Waals surface area contributed by atoms with Crippen molar-refractivity contribution in [2.75, 3.05) is 13.7 Å². The van der Waals surface area contributed by atoms with Crippen LogP contribution in [-0.4, -0.2) is 42.3 Å². The van der Waals surface area contributed by atoms with E-state index in [0.29, 0.717) is 5.56 Å². The molecule has 0 N–H and O–H groups in total. The van der Waals surface area contributed by atoms with Crippen molar-refractivity contribution in [3.8, 4) is 5.75 Å². The highest BCUT2D eigenvalue weighted by Crippen LogP contribution is 2.60. The van der Waals surface area contributed by atoms with Gasteiger partial charge in [-0.05, 0) is 46.5 Å². The summed E-state index contributed by atoms with van der Waals surface area (Å²) in [7, 11) is 1.29. The number of rotatable bonds is 5. The van der Waals surface area contributed by atoms with Crippen LogP contribution in [0.4, 0.5) is 0 Å². The first-order valence-electron chi connectivity index (χ1n) is 11.9. The Balaban J connectivity index is 1.20. The van der Waals surface area contributed by atoms with Gasteiger partial charge < -0.3 is 9.47 Å². The third-order valence-electron chi connectivity index (χ3n) is 7.59. The summed E-state index contributed by atoms with van der Waals surface area (Å²) in [5, 5.41) is 0. The van der Waals surface area contributed by atoms with Crippen molar-refractivity contribution in [3.05, 3.63) is 101 Å². The van der Waals surface area contributed by atoms with E-state index in [2.05, 4.69) is 29.0 Å². The van der Waals surface area contributed by atoms with Gasteiger partial charge in [0.1, 0.15) is 5.75 Å². The maximum Gasteiger partial charge on any atom is 0.337 e. The van der Waals surface area contributed by atoms with Gasteiger partial charge in [0.15, 0.2) is 0 Å². The third kappa shape index (κ3) is 3.26. The number of imide groups is 1. The van der Waals surface area contributed by atoms with Gasteiger partial charge in [0.05, 0.1) is 30.9 Å². The molecule has 2 amide bonds. The van der Waals surface area contributed by atoms with Crippen molar-refractivity contribution in [2.45, 2.75) is 18.3 Å². The molecule has 0 aromatic heterocycles. The molecular formula is C29H23NO6. The van der Waals surface area contributed by atoms with Gasteiger partial charge >= 0.3 is 11.9 Å². The number of hydrogen-bond donors (Lipinski definition) is 0. The fourth-order valence-electron chi connectivity index (χ4n) is 6.12. The Morgan fingerprint density at radius 2 is 1.22 bits per heavy atom. The highest BCUT2D eigenvalue weighted by molar-refractivity contribution is 6.08. The minimum atomic E-state index is -0.564. The SMILES string of the molecule is COC(=O)c1ccc(OC(=O)CCN2C(=O)[C@@H]3C4c5ccccc5C(c5ccccc54)[C@@H]3C2=O)cc1. The van der Waals surface area contributed by atoms with Gasteiger partial charge in [-0.2, -0.15) is 0 Å². The summed E-state index contributed by atoms with van der Waals surface area (Å²) < 4.78 is 10.0. The maximum atomic E-state index is 13.6. The van der Waals surface area contributed by atoms with E-state index in [9.17, 15) is 19.2 Å². The zero-order chi connectivity index (χ0) is 25.0. The van der Waals surface area contributed by atoms with Gasteiger partial charge in [-0.25, -0.2) is 4.79 Å². The fourth-order valence-corrected chi connectivity index (χ4v) is 6.12. The van der Waals surface area contributed by atoms with Crippen LogP contribution in [-0.2, 0) is 19.1 Å². The molecule has 1 fully saturated rings. The number of carbonyl (C=O) groups is 4. The number of hydrogen-bond acceptors (Lipinski definition) is 6. The molecule has 3 aromatic rings. The fraction of sp³-hybridized carbons (Fsp3) is 0.241. The van der Waals surface area contributed by atoms with Crippen molar-refractivity contribution in [1.29, 1.82) is 0 Å². The molecule has 36 heavy (non-hydrogen) atoms. The van der Waals surface area contributed by atoms with Gasteiger partial charge in [0.25, 0.3) is 0 Å². The lowest BCUT2D eigenvalue weighted by atomic mass is 9.55. The normalized spacial score (nSPS) is 23.1. The van der Waals surface area contributed by atoms with Gasteiger partial charge in [-0.3, -0.25) is 19.3 Å². The Morgan fingerprint density at radius 3 is 1.67 bits per heavy atom. The highest BCUT2D eigenvalue weighted by Gasteiger charge is 2.61. The van der Waals surface area contributed by atoms with E-state index in [1.807, 2.05) is 24.3 Å². The average molecular weight is 482 g/mol. The largest absolute Gasteiger partial charge is 0.465 e. The molecule has 2 bridgehead atoms. The van der Waals surface area contributed by atoms with Crippen LogP contribution < -0.4 is 4.74 Å². The second kappa shape index (κ2) is 8.45. The number of likely N-dealkylation sites (tertiary alicyclic amines) is 1. The van der Waals surface area contributed by atoms with E-state index in [1.165, 1.54) is 36.3 Å². The van der Waals surface area contributed by atoms with Crippen molar-refractivity contribution >= 4 is 23.8 Å². The lowest BCUT2D eigenvalue weighted by Crippen LogP contribution is -2.41. The number of benzene rings is 3. The molecule has 1 heterocycles. The molecule has 0 saturated carbocycles. The van der Waals surface area contributed by atoms with Crippen molar-refractivity contribution in [1.82, 2.24) is 4.90 Å². The summed E-state index contributed by atoms with van der Waals surface area (Å²) >= 11 is 0. The second-order valence-electron chi connectivity index (χ2n) is 9.33. The van der Waals surface area contributed by atoms with Crippen molar-refractivity contribution < 1.29 is 28.7 Å². The molecule has 0 unspecified atom stereocenters. The second-order valence-corrected chi connectivity index (χ2v) is 9.33. The molecule has 0 radical (unpaired) electrons. The summed E-state index contributed by atoms with van der Waals surface area (Å²) in [4.78, 5) is 52.5. The van der Waals surface area contributed by atoms with Crippen molar-refractivity contribution in [3.63, 3.8) is 0 Å². The van der Waals surface area contributed by atoms with Crippen LogP contribution in [0.25, 0.3) is 0 Å². The van der Waals surface area contributed by atoms with E-state index in [1.54, 1.807) is 0 Å². The summed E-state index contributed by atoms with van der Waals surface area (Å²) in [6.07, 6.45) is -0.120. The van der Waals surface area contributed by atoms with Crippen LogP contribution in [0.1, 0.15) is 50.9 Å². The van der Waals surface area contributed by atoms with Crippen LogP contribution in [0.15, 0.2) is 72.8 Å². The van der Waals surface area contributed by atoms with E-state index in [0.717, 1.165) is 22.3 Å².